The van der Waals surface area contributed by atoms with Crippen LogP contribution in [0.15, 0.2) is 18.5 Å². The van der Waals surface area contributed by atoms with E-state index in [1.807, 2.05) is 16.9 Å². The zero-order valence-corrected chi connectivity index (χ0v) is 15.2. The van der Waals surface area contributed by atoms with Crippen molar-refractivity contribution in [3.05, 3.63) is 41.2 Å². The van der Waals surface area contributed by atoms with Gasteiger partial charge in [-0.25, -0.2) is 9.97 Å². The maximum absolute atomic E-state index is 4.82. The second-order valence-electron chi connectivity index (χ2n) is 6.87. The molecule has 3 rings (SSSR count). The molecule has 0 aromatic carbocycles. The molecule has 1 unspecified atom stereocenters. The highest BCUT2D eigenvalue weighted by molar-refractivity contribution is 5.16. The largest absolute Gasteiger partial charge is 0.304 e. The number of aromatic nitrogens is 4. The highest BCUT2D eigenvalue weighted by Gasteiger charge is 2.29. The minimum Gasteiger partial charge on any atom is -0.304 e. The van der Waals surface area contributed by atoms with Crippen LogP contribution >= 0.6 is 0 Å². The van der Waals surface area contributed by atoms with E-state index in [9.17, 15) is 0 Å². The van der Waals surface area contributed by atoms with E-state index in [1.165, 1.54) is 12.0 Å². The summed E-state index contributed by atoms with van der Waals surface area (Å²) in [5.74, 6) is 0.965. The SMILES string of the molecule is CCn1cc(CN2CCCC2c2nccc(CN(C)C)n2)c(C)n1. The minimum atomic E-state index is 0.316. The number of nitrogens with zero attached hydrogens (tertiary/aromatic N) is 6. The van der Waals surface area contributed by atoms with Gasteiger partial charge in [-0.2, -0.15) is 5.10 Å². The lowest BCUT2D eigenvalue weighted by molar-refractivity contribution is 0.238. The second-order valence-corrected chi connectivity index (χ2v) is 6.87. The van der Waals surface area contributed by atoms with E-state index in [-0.39, 0.29) is 0 Å². The topological polar surface area (TPSA) is 50.1 Å². The third kappa shape index (κ3) is 3.82. The fraction of sp³-hybridized carbons (Fsp3) is 0.611. The second kappa shape index (κ2) is 7.40. The Labute approximate surface area is 144 Å². The van der Waals surface area contributed by atoms with Crippen LogP contribution in [0.1, 0.15) is 48.6 Å². The van der Waals surface area contributed by atoms with Crippen LogP contribution in [0.4, 0.5) is 0 Å². The molecule has 1 aliphatic rings. The summed E-state index contributed by atoms with van der Waals surface area (Å²) in [6, 6.07) is 2.33. The van der Waals surface area contributed by atoms with E-state index in [1.54, 1.807) is 0 Å². The monoisotopic (exact) mass is 328 g/mol. The fourth-order valence-corrected chi connectivity index (χ4v) is 3.39. The summed E-state index contributed by atoms with van der Waals surface area (Å²) in [6.07, 6.45) is 6.41. The molecule has 0 N–H and O–H groups in total. The summed E-state index contributed by atoms with van der Waals surface area (Å²) < 4.78 is 2.02. The average molecular weight is 328 g/mol. The van der Waals surface area contributed by atoms with Gasteiger partial charge in [0.2, 0.25) is 0 Å². The lowest BCUT2D eigenvalue weighted by Gasteiger charge is -2.23. The molecule has 24 heavy (non-hydrogen) atoms. The van der Waals surface area contributed by atoms with Crippen LogP contribution in [0, 0.1) is 6.92 Å². The Kier molecular flexibility index (Phi) is 5.26. The van der Waals surface area contributed by atoms with Crippen LogP contribution in [-0.2, 0) is 19.6 Å². The van der Waals surface area contributed by atoms with Crippen molar-refractivity contribution in [1.29, 1.82) is 0 Å². The molecule has 0 radical (unpaired) electrons. The molecule has 6 heteroatoms. The number of rotatable bonds is 6. The van der Waals surface area contributed by atoms with E-state index >= 15 is 0 Å². The number of likely N-dealkylation sites (tertiary alicyclic amines) is 1. The lowest BCUT2D eigenvalue weighted by atomic mass is 10.2. The summed E-state index contributed by atoms with van der Waals surface area (Å²) in [5, 5.41) is 4.57. The molecule has 1 saturated heterocycles. The van der Waals surface area contributed by atoms with Gasteiger partial charge in [0.15, 0.2) is 0 Å². The molecule has 2 aromatic heterocycles. The molecule has 0 bridgehead atoms. The Balaban J connectivity index is 1.76. The van der Waals surface area contributed by atoms with Crippen molar-refractivity contribution in [2.24, 2.45) is 0 Å². The lowest BCUT2D eigenvalue weighted by Crippen LogP contribution is -2.25. The van der Waals surface area contributed by atoms with Gasteiger partial charge in [0.1, 0.15) is 5.82 Å². The van der Waals surface area contributed by atoms with Crippen LogP contribution in [0.3, 0.4) is 0 Å². The van der Waals surface area contributed by atoms with Crippen molar-refractivity contribution in [3.63, 3.8) is 0 Å². The molecule has 2 aromatic rings. The summed E-state index contributed by atoms with van der Waals surface area (Å²) in [6.45, 7) is 8.02. The molecule has 3 heterocycles. The minimum absolute atomic E-state index is 0.316. The molecule has 6 nitrogen and oxygen atoms in total. The van der Waals surface area contributed by atoms with Crippen molar-refractivity contribution in [3.8, 4) is 0 Å². The highest BCUT2D eigenvalue weighted by Crippen LogP contribution is 2.31. The van der Waals surface area contributed by atoms with Gasteiger partial charge in [0.25, 0.3) is 0 Å². The molecule has 1 fully saturated rings. The van der Waals surface area contributed by atoms with Gasteiger partial charge in [-0.1, -0.05) is 0 Å². The van der Waals surface area contributed by atoms with Gasteiger partial charge in [0.05, 0.1) is 17.4 Å². The molecular weight excluding hydrogens is 300 g/mol. The summed E-state index contributed by atoms with van der Waals surface area (Å²) in [5.41, 5.74) is 3.53. The van der Waals surface area contributed by atoms with Gasteiger partial charge >= 0.3 is 0 Å². The van der Waals surface area contributed by atoms with Crippen LogP contribution in [0.25, 0.3) is 0 Å². The molecule has 0 spiro atoms. The van der Waals surface area contributed by atoms with Crippen LogP contribution in [-0.4, -0.2) is 50.2 Å². The predicted molar refractivity (Wildman–Crippen MR) is 94.4 cm³/mol. The van der Waals surface area contributed by atoms with Crippen molar-refractivity contribution in [2.75, 3.05) is 20.6 Å². The van der Waals surface area contributed by atoms with E-state index < -0.39 is 0 Å². The summed E-state index contributed by atoms with van der Waals surface area (Å²) in [4.78, 5) is 14.0. The standard InChI is InChI=1S/C18H28N6/c1-5-24-12-15(14(2)21-24)11-23-10-6-7-17(23)18-19-9-8-16(20-18)13-22(3)4/h8-9,12,17H,5-7,10-11,13H2,1-4H3. The maximum Gasteiger partial charge on any atom is 0.145 e. The van der Waals surface area contributed by atoms with Gasteiger partial charge in [-0.05, 0) is 53.4 Å². The number of hydrogen-bond acceptors (Lipinski definition) is 5. The Bertz CT molecular complexity index is 678. The Morgan fingerprint density at radius 2 is 2.17 bits per heavy atom. The van der Waals surface area contributed by atoms with Crippen molar-refractivity contribution < 1.29 is 0 Å². The zero-order chi connectivity index (χ0) is 17.1. The first-order chi connectivity index (χ1) is 11.6. The Morgan fingerprint density at radius 3 is 2.88 bits per heavy atom. The summed E-state index contributed by atoms with van der Waals surface area (Å²) in [7, 11) is 4.13. The normalized spacial score (nSPS) is 18.6. The fourth-order valence-electron chi connectivity index (χ4n) is 3.39. The maximum atomic E-state index is 4.82. The van der Waals surface area contributed by atoms with Crippen molar-refractivity contribution in [1.82, 2.24) is 29.5 Å². The number of hydrogen-bond donors (Lipinski definition) is 0. The first-order valence-electron chi connectivity index (χ1n) is 8.80. The van der Waals surface area contributed by atoms with E-state index in [2.05, 4.69) is 54.0 Å². The Morgan fingerprint density at radius 1 is 1.33 bits per heavy atom. The molecule has 0 amide bonds. The first-order valence-corrected chi connectivity index (χ1v) is 8.80. The smallest absolute Gasteiger partial charge is 0.145 e. The van der Waals surface area contributed by atoms with Gasteiger partial charge in [-0.15, -0.1) is 0 Å². The quantitative estimate of drug-likeness (QED) is 0.815. The van der Waals surface area contributed by atoms with E-state index in [0.717, 1.165) is 49.8 Å². The van der Waals surface area contributed by atoms with Gasteiger partial charge < -0.3 is 4.90 Å². The molecule has 130 valence electrons. The van der Waals surface area contributed by atoms with Crippen LogP contribution in [0.2, 0.25) is 0 Å². The predicted octanol–water partition coefficient (Wildman–Crippen LogP) is 2.40. The van der Waals surface area contributed by atoms with Crippen molar-refractivity contribution >= 4 is 0 Å². The molecular formula is C18H28N6. The zero-order valence-electron chi connectivity index (χ0n) is 15.2. The average Bonchev–Trinajstić information content (AvgIpc) is 3.14. The third-order valence-corrected chi connectivity index (χ3v) is 4.62. The first kappa shape index (κ1) is 17.0. The number of aryl methyl sites for hydroxylation is 2. The highest BCUT2D eigenvalue weighted by atomic mass is 15.3. The molecule has 1 atom stereocenters. The van der Waals surface area contributed by atoms with Crippen molar-refractivity contribution in [2.45, 2.75) is 52.4 Å². The van der Waals surface area contributed by atoms with Gasteiger partial charge in [-0.3, -0.25) is 9.58 Å². The van der Waals surface area contributed by atoms with Crippen LogP contribution in [0.5, 0.6) is 0 Å². The summed E-state index contributed by atoms with van der Waals surface area (Å²) >= 11 is 0. The van der Waals surface area contributed by atoms with E-state index in [4.69, 9.17) is 4.98 Å². The molecule has 1 aliphatic heterocycles. The third-order valence-electron chi connectivity index (χ3n) is 4.62. The van der Waals surface area contributed by atoms with E-state index in [0.29, 0.717) is 6.04 Å². The molecule has 0 saturated carbocycles. The van der Waals surface area contributed by atoms with Crippen LogP contribution < -0.4 is 0 Å². The van der Waals surface area contributed by atoms with Gasteiger partial charge in [0, 0.05) is 37.6 Å². The molecule has 0 aliphatic carbocycles. The Hall–Kier alpha value is -1.79.